The number of Topliss-reactive ketones (excluding diaryl/α,β-unsaturated/α-hetero) is 1. The minimum absolute atomic E-state index is 0.0606. The number of anilines is 2. The lowest BCUT2D eigenvalue weighted by molar-refractivity contribution is -0.125. The van der Waals surface area contributed by atoms with E-state index in [0.717, 1.165) is 29.1 Å². The Morgan fingerprint density at radius 1 is 1.23 bits per heavy atom. The molecule has 0 saturated carbocycles. The summed E-state index contributed by atoms with van der Waals surface area (Å²) in [5.74, 6) is 0.208. The standard InChI is InChI=1S/C26H25N3O5S/c1-4-5-24-28-19(13-35-24)16-6-9-22-20(11-16)29(26(32)15(3)34-22)14(2)25(31)17-7-8-21-18(10-17)27-23(30)12-33-21/h6-11,13-15H,4-5,12H2,1-3H3,(H,27,30). The van der Waals surface area contributed by atoms with Crippen LogP contribution in [-0.2, 0) is 16.0 Å². The number of nitrogens with zero attached hydrogens (tertiary/aromatic N) is 2. The fraction of sp³-hybridized carbons (Fsp3) is 0.308. The van der Waals surface area contributed by atoms with Crippen LogP contribution in [0.3, 0.4) is 0 Å². The summed E-state index contributed by atoms with van der Waals surface area (Å²) >= 11 is 1.61. The largest absolute Gasteiger partial charge is 0.482 e. The van der Waals surface area contributed by atoms with E-state index in [-0.39, 0.29) is 24.2 Å². The summed E-state index contributed by atoms with van der Waals surface area (Å²) in [6.07, 6.45) is 1.21. The van der Waals surface area contributed by atoms with Gasteiger partial charge in [0.15, 0.2) is 18.5 Å². The van der Waals surface area contributed by atoms with Crippen molar-refractivity contribution < 1.29 is 23.9 Å². The lowest BCUT2D eigenvalue weighted by Crippen LogP contribution is -2.51. The van der Waals surface area contributed by atoms with Crippen molar-refractivity contribution in [3.05, 3.63) is 52.3 Å². The van der Waals surface area contributed by atoms with Gasteiger partial charge >= 0.3 is 0 Å². The molecule has 1 N–H and O–H groups in total. The number of nitrogens with one attached hydrogen (secondary N) is 1. The van der Waals surface area contributed by atoms with Crippen molar-refractivity contribution in [2.24, 2.45) is 0 Å². The Bertz CT molecular complexity index is 1330. The van der Waals surface area contributed by atoms with Gasteiger partial charge in [-0.1, -0.05) is 6.92 Å². The SMILES string of the molecule is CCCc1nc(-c2ccc3c(c2)N(C(C)C(=O)c2ccc4c(c2)NC(=O)CO4)C(=O)C(C)O3)cs1. The van der Waals surface area contributed by atoms with Gasteiger partial charge in [-0.3, -0.25) is 19.3 Å². The predicted molar refractivity (Wildman–Crippen MR) is 133 cm³/mol. The Kier molecular flexibility index (Phi) is 6.02. The average molecular weight is 492 g/mol. The molecule has 0 spiro atoms. The number of thiazole rings is 1. The molecule has 2 aromatic carbocycles. The zero-order valence-corrected chi connectivity index (χ0v) is 20.5. The van der Waals surface area contributed by atoms with Crippen LogP contribution in [-0.4, -0.2) is 41.3 Å². The van der Waals surface area contributed by atoms with Crippen LogP contribution in [0.2, 0.25) is 0 Å². The predicted octanol–water partition coefficient (Wildman–Crippen LogP) is 4.48. The zero-order chi connectivity index (χ0) is 24.7. The molecule has 0 radical (unpaired) electrons. The molecular formula is C26H25N3O5S. The molecule has 180 valence electrons. The summed E-state index contributed by atoms with van der Waals surface area (Å²) in [6, 6.07) is 9.68. The van der Waals surface area contributed by atoms with Gasteiger partial charge in [-0.2, -0.15) is 0 Å². The number of ether oxygens (including phenoxy) is 2. The number of amides is 2. The van der Waals surface area contributed by atoms with Crippen molar-refractivity contribution in [3.8, 4) is 22.8 Å². The number of fused-ring (bicyclic) bond motifs is 2. The van der Waals surface area contributed by atoms with Gasteiger partial charge < -0.3 is 14.8 Å². The van der Waals surface area contributed by atoms with Gasteiger partial charge in [0.05, 0.1) is 28.1 Å². The third kappa shape index (κ3) is 4.27. The Morgan fingerprint density at radius 2 is 2.03 bits per heavy atom. The van der Waals surface area contributed by atoms with E-state index in [2.05, 4.69) is 12.2 Å². The number of ketones is 1. The highest BCUT2D eigenvalue weighted by Gasteiger charge is 2.38. The minimum atomic E-state index is -0.799. The highest BCUT2D eigenvalue weighted by Crippen LogP contribution is 2.39. The van der Waals surface area contributed by atoms with Crippen LogP contribution in [0, 0.1) is 0 Å². The molecule has 0 saturated heterocycles. The Morgan fingerprint density at radius 3 is 2.83 bits per heavy atom. The van der Waals surface area contributed by atoms with Crippen LogP contribution in [0.1, 0.15) is 42.6 Å². The second-order valence-electron chi connectivity index (χ2n) is 8.62. The van der Waals surface area contributed by atoms with Crippen molar-refractivity contribution in [1.82, 2.24) is 4.98 Å². The quantitative estimate of drug-likeness (QED) is 0.511. The van der Waals surface area contributed by atoms with Crippen molar-refractivity contribution >= 4 is 40.3 Å². The molecule has 9 heteroatoms. The first-order valence-corrected chi connectivity index (χ1v) is 12.4. The van der Waals surface area contributed by atoms with E-state index in [9.17, 15) is 14.4 Å². The highest BCUT2D eigenvalue weighted by atomic mass is 32.1. The first kappa shape index (κ1) is 23.0. The monoisotopic (exact) mass is 491 g/mol. The highest BCUT2D eigenvalue weighted by molar-refractivity contribution is 7.09. The lowest BCUT2D eigenvalue weighted by Gasteiger charge is -2.36. The molecule has 8 nitrogen and oxygen atoms in total. The van der Waals surface area contributed by atoms with Crippen LogP contribution >= 0.6 is 11.3 Å². The van der Waals surface area contributed by atoms with Crippen molar-refractivity contribution in [2.45, 2.75) is 45.8 Å². The number of aromatic nitrogens is 1. The molecule has 1 aromatic heterocycles. The van der Waals surface area contributed by atoms with Crippen molar-refractivity contribution in [1.29, 1.82) is 0 Å². The maximum absolute atomic E-state index is 13.5. The Labute approximate surface area is 206 Å². The number of benzene rings is 2. The van der Waals surface area contributed by atoms with E-state index >= 15 is 0 Å². The normalized spacial score (nSPS) is 17.6. The van der Waals surface area contributed by atoms with E-state index in [1.807, 2.05) is 23.6 Å². The molecule has 2 unspecified atom stereocenters. The van der Waals surface area contributed by atoms with Gasteiger partial charge in [0.25, 0.3) is 11.8 Å². The third-order valence-corrected chi connectivity index (χ3v) is 6.99. The first-order chi connectivity index (χ1) is 16.9. The first-order valence-electron chi connectivity index (χ1n) is 11.5. The number of carbonyl (C=O) groups excluding carboxylic acids is 3. The topological polar surface area (TPSA) is 97.8 Å². The summed E-state index contributed by atoms with van der Waals surface area (Å²) < 4.78 is 11.2. The Balaban J connectivity index is 1.49. The number of hydrogen-bond donors (Lipinski definition) is 1. The molecule has 5 rings (SSSR count). The fourth-order valence-corrected chi connectivity index (χ4v) is 5.20. The summed E-state index contributed by atoms with van der Waals surface area (Å²) in [7, 11) is 0. The van der Waals surface area contributed by atoms with E-state index < -0.39 is 12.1 Å². The van der Waals surface area contributed by atoms with E-state index in [1.165, 1.54) is 4.90 Å². The molecule has 3 heterocycles. The van der Waals surface area contributed by atoms with Crippen LogP contribution < -0.4 is 19.7 Å². The van der Waals surface area contributed by atoms with Crippen LogP contribution in [0.5, 0.6) is 11.5 Å². The second kappa shape index (κ2) is 9.14. The summed E-state index contributed by atoms with van der Waals surface area (Å²) in [4.78, 5) is 44.7. The molecule has 0 aliphatic carbocycles. The Hall–Kier alpha value is -3.72. The van der Waals surface area contributed by atoms with Gasteiger partial charge in [0, 0.05) is 16.5 Å². The summed E-state index contributed by atoms with van der Waals surface area (Å²) in [5, 5.41) is 5.78. The van der Waals surface area contributed by atoms with Crippen LogP contribution in [0.15, 0.2) is 41.8 Å². The molecule has 35 heavy (non-hydrogen) atoms. The van der Waals surface area contributed by atoms with Gasteiger partial charge in [-0.15, -0.1) is 11.3 Å². The van der Waals surface area contributed by atoms with Gasteiger partial charge in [0.1, 0.15) is 11.5 Å². The van der Waals surface area contributed by atoms with E-state index in [4.69, 9.17) is 14.5 Å². The molecule has 2 atom stereocenters. The fourth-order valence-electron chi connectivity index (χ4n) is 4.29. The zero-order valence-electron chi connectivity index (χ0n) is 19.7. The molecule has 0 fully saturated rings. The van der Waals surface area contributed by atoms with Crippen molar-refractivity contribution in [3.63, 3.8) is 0 Å². The summed E-state index contributed by atoms with van der Waals surface area (Å²) in [6.45, 7) is 5.43. The minimum Gasteiger partial charge on any atom is -0.482 e. The molecular weight excluding hydrogens is 466 g/mol. The molecule has 0 bridgehead atoms. The van der Waals surface area contributed by atoms with Gasteiger partial charge in [0.2, 0.25) is 0 Å². The lowest BCUT2D eigenvalue weighted by atomic mass is 10.00. The number of rotatable bonds is 6. The average Bonchev–Trinajstić information content (AvgIpc) is 3.32. The maximum atomic E-state index is 13.5. The van der Waals surface area contributed by atoms with Gasteiger partial charge in [-0.25, -0.2) is 4.98 Å². The van der Waals surface area contributed by atoms with Crippen molar-refractivity contribution in [2.75, 3.05) is 16.8 Å². The van der Waals surface area contributed by atoms with E-state index in [1.54, 1.807) is 43.4 Å². The third-order valence-electron chi connectivity index (χ3n) is 6.08. The molecule has 3 aromatic rings. The molecule has 2 aliphatic heterocycles. The van der Waals surface area contributed by atoms with Crippen LogP contribution in [0.25, 0.3) is 11.3 Å². The maximum Gasteiger partial charge on any atom is 0.268 e. The number of aryl methyl sites for hydroxylation is 1. The molecule has 2 amide bonds. The van der Waals surface area contributed by atoms with Gasteiger partial charge in [-0.05, 0) is 63.1 Å². The summed E-state index contributed by atoms with van der Waals surface area (Å²) in [5.41, 5.74) is 3.03. The number of hydrogen-bond acceptors (Lipinski definition) is 7. The van der Waals surface area contributed by atoms with E-state index in [0.29, 0.717) is 28.4 Å². The number of carbonyl (C=O) groups is 3. The second-order valence-corrected chi connectivity index (χ2v) is 9.56. The van der Waals surface area contributed by atoms with Crippen LogP contribution in [0.4, 0.5) is 11.4 Å². The molecule has 2 aliphatic rings. The smallest absolute Gasteiger partial charge is 0.268 e.